The molecule has 27 heavy (non-hydrogen) atoms. The fourth-order valence-electron chi connectivity index (χ4n) is 3.56. The molecule has 2 aliphatic heterocycles. The van der Waals surface area contributed by atoms with Crippen LogP contribution >= 0.6 is 24.8 Å². The first-order valence-electron chi connectivity index (χ1n) is 8.72. The number of ether oxygens (including phenoxy) is 1. The Labute approximate surface area is 170 Å². The smallest absolute Gasteiger partial charge is 0.254 e. The summed E-state index contributed by atoms with van der Waals surface area (Å²) in [7, 11) is 0. The van der Waals surface area contributed by atoms with Crippen LogP contribution in [0.3, 0.4) is 0 Å². The van der Waals surface area contributed by atoms with Crippen molar-refractivity contribution in [2.24, 2.45) is 5.73 Å². The first-order valence-corrected chi connectivity index (χ1v) is 8.72. The zero-order chi connectivity index (χ0) is 17.4. The van der Waals surface area contributed by atoms with Crippen LogP contribution in [0.4, 0.5) is 5.82 Å². The van der Waals surface area contributed by atoms with E-state index >= 15 is 0 Å². The first kappa shape index (κ1) is 21.6. The van der Waals surface area contributed by atoms with Crippen LogP contribution in [0.1, 0.15) is 18.5 Å². The van der Waals surface area contributed by atoms with Crippen molar-refractivity contribution < 1.29 is 9.53 Å². The summed E-state index contributed by atoms with van der Waals surface area (Å²) < 4.78 is 7.49. The van der Waals surface area contributed by atoms with Gasteiger partial charge in [0.1, 0.15) is 18.2 Å². The van der Waals surface area contributed by atoms with Gasteiger partial charge in [-0.3, -0.25) is 4.79 Å². The SMILES string of the molecule is Cc1cc(N2CCN(C(=O)[C@@H]3CC[C@H](CN)O3)CC2)n2ncnc2n1.Cl.Cl. The zero-order valence-corrected chi connectivity index (χ0v) is 16.8. The number of hydrogen-bond donors (Lipinski definition) is 1. The number of nitrogens with two attached hydrogens (primary N) is 1. The third-order valence-electron chi connectivity index (χ3n) is 4.92. The predicted molar refractivity (Wildman–Crippen MR) is 106 cm³/mol. The van der Waals surface area contributed by atoms with Crippen LogP contribution in [0.5, 0.6) is 0 Å². The Bertz CT molecular complexity index is 779. The van der Waals surface area contributed by atoms with E-state index in [1.54, 1.807) is 4.52 Å². The van der Waals surface area contributed by atoms with Crippen LogP contribution < -0.4 is 10.6 Å². The lowest BCUT2D eigenvalue weighted by Crippen LogP contribution is -2.52. The molecule has 1 amide bonds. The molecule has 4 heterocycles. The van der Waals surface area contributed by atoms with E-state index in [1.165, 1.54) is 6.33 Å². The molecule has 4 rings (SSSR count). The second-order valence-corrected chi connectivity index (χ2v) is 6.60. The van der Waals surface area contributed by atoms with E-state index in [2.05, 4.69) is 20.0 Å². The lowest BCUT2D eigenvalue weighted by molar-refractivity contribution is -0.143. The topological polar surface area (TPSA) is 102 Å². The molecule has 2 aromatic rings. The molecule has 0 radical (unpaired) electrons. The van der Waals surface area contributed by atoms with E-state index in [0.29, 0.717) is 25.4 Å². The second-order valence-electron chi connectivity index (χ2n) is 6.60. The van der Waals surface area contributed by atoms with E-state index in [0.717, 1.165) is 37.4 Å². The maximum Gasteiger partial charge on any atom is 0.254 e. The molecule has 2 N–H and O–H groups in total. The fourth-order valence-corrected chi connectivity index (χ4v) is 3.56. The van der Waals surface area contributed by atoms with Gasteiger partial charge in [-0.2, -0.15) is 14.6 Å². The minimum Gasteiger partial charge on any atom is -0.364 e. The number of anilines is 1. The van der Waals surface area contributed by atoms with Gasteiger partial charge in [-0.25, -0.2) is 4.98 Å². The Balaban J connectivity index is 0.00000131. The molecule has 2 fully saturated rings. The van der Waals surface area contributed by atoms with Crippen molar-refractivity contribution in [3.05, 3.63) is 18.1 Å². The Morgan fingerprint density at radius 1 is 1.26 bits per heavy atom. The summed E-state index contributed by atoms with van der Waals surface area (Å²) in [5.41, 5.74) is 6.53. The van der Waals surface area contributed by atoms with Gasteiger partial charge in [-0.15, -0.1) is 24.8 Å². The predicted octanol–water partition coefficient (Wildman–Crippen LogP) is 0.431. The van der Waals surface area contributed by atoms with Crippen molar-refractivity contribution in [3.63, 3.8) is 0 Å². The van der Waals surface area contributed by atoms with Gasteiger partial charge in [0, 0.05) is 44.5 Å². The van der Waals surface area contributed by atoms with E-state index in [4.69, 9.17) is 10.5 Å². The Hall–Kier alpha value is -1.68. The van der Waals surface area contributed by atoms with E-state index in [1.807, 2.05) is 17.9 Å². The number of carbonyl (C=O) groups excluding carboxylic acids is 1. The largest absolute Gasteiger partial charge is 0.364 e. The highest BCUT2D eigenvalue weighted by Gasteiger charge is 2.34. The van der Waals surface area contributed by atoms with Crippen molar-refractivity contribution in [1.82, 2.24) is 24.5 Å². The quantitative estimate of drug-likeness (QED) is 0.772. The Morgan fingerprint density at radius 2 is 2.00 bits per heavy atom. The summed E-state index contributed by atoms with van der Waals surface area (Å²) >= 11 is 0. The highest BCUT2D eigenvalue weighted by Crippen LogP contribution is 2.23. The van der Waals surface area contributed by atoms with Crippen LogP contribution in [-0.2, 0) is 9.53 Å². The van der Waals surface area contributed by atoms with Crippen molar-refractivity contribution in [2.75, 3.05) is 37.6 Å². The Morgan fingerprint density at radius 3 is 2.67 bits per heavy atom. The van der Waals surface area contributed by atoms with Gasteiger partial charge in [0.05, 0.1) is 6.10 Å². The summed E-state index contributed by atoms with van der Waals surface area (Å²) in [6, 6.07) is 2.01. The minimum absolute atomic E-state index is 0. The molecule has 150 valence electrons. The van der Waals surface area contributed by atoms with Gasteiger partial charge in [0.2, 0.25) is 0 Å². The molecule has 2 aliphatic rings. The molecule has 0 aliphatic carbocycles. The Kier molecular flexibility index (Phi) is 7.21. The zero-order valence-electron chi connectivity index (χ0n) is 15.2. The molecule has 11 heteroatoms. The first-order chi connectivity index (χ1) is 12.2. The summed E-state index contributed by atoms with van der Waals surface area (Å²) in [4.78, 5) is 25.3. The fraction of sp³-hybridized carbons (Fsp3) is 0.625. The van der Waals surface area contributed by atoms with Crippen LogP contribution in [0, 0.1) is 6.92 Å². The molecular formula is C16H25Cl2N7O2. The number of rotatable bonds is 3. The lowest BCUT2D eigenvalue weighted by atomic mass is 10.1. The number of aryl methyl sites for hydroxylation is 1. The molecule has 0 spiro atoms. The number of fused-ring (bicyclic) bond motifs is 1. The monoisotopic (exact) mass is 417 g/mol. The molecule has 0 aromatic carbocycles. The van der Waals surface area contributed by atoms with E-state index in [9.17, 15) is 4.79 Å². The third kappa shape index (κ3) is 4.26. The van der Waals surface area contributed by atoms with Crippen LogP contribution in [-0.4, -0.2) is 75.3 Å². The summed E-state index contributed by atoms with van der Waals surface area (Å²) in [5.74, 6) is 1.65. The average molecular weight is 418 g/mol. The maximum absolute atomic E-state index is 12.6. The molecule has 0 saturated carbocycles. The summed E-state index contributed by atoms with van der Waals surface area (Å²) in [6.07, 6.45) is 2.84. The van der Waals surface area contributed by atoms with Gasteiger partial charge in [-0.05, 0) is 19.8 Å². The number of halogens is 2. The average Bonchev–Trinajstić information content (AvgIpc) is 3.29. The van der Waals surface area contributed by atoms with E-state index in [-0.39, 0.29) is 42.9 Å². The van der Waals surface area contributed by atoms with Crippen LogP contribution in [0.15, 0.2) is 12.4 Å². The number of piperazine rings is 1. The summed E-state index contributed by atoms with van der Waals surface area (Å²) in [6.45, 7) is 5.26. The highest BCUT2D eigenvalue weighted by molar-refractivity contribution is 5.85. The van der Waals surface area contributed by atoms with Crippen molar-refractivity contribution in [2.45, 2.75) is 32.0 Å². The van der Waals surface area contributed by atoms with Crippen molar-refractivity contribution in [1.29, 1.82) is 0 Å². The molecule has 0 bridgehead atoms. The van der Waals surface area contributed by atoms with Crippen LogP contribution in [0.25, 0.3) is 5.78 Å². The maximum atomic E-state index is 12.6. The van der Waals surface area contributed by atoms with Gasteiger partial charge >= 0.3 is 0 Å². The molecule has 9 nitrogen and oxygen atoms in total. The highest BCUT2D eigenvalue weighted by atomic mass is 35.5. The van der Waals surface area contributed by atoms with Crippen molar-refractivity contribution in [3.8, 4) is 0 Å². The normalized spacial score (nSPS) is 22.4. The lowest BCUT2D eigenvalue weighted by Gasteiger charge is -2.36. The van der Waals surface area contributed by atoms with E-state index < -0.39 is 0 Å². The van der Waals surface area contributed by atoms with Gasteiger partial charge in [-0.1, -0.05) is 0 Å². The molecule has 0 unspecified atom stereocenters. The number of hydrogen-bond acceptors (Lipinski definition) is 7. The minimum atomic E-state index is -0.328. The molecule has 2 atom stereocenters. The number of carbonyl (C=O) groups is 1. The molecular weight excluding hydrogens is 393 g/mol. The summed E-state index contributed by atoms with van der Waals surface area (Å²) in [5, 5.41) is 4.26. The second kappa shape index (κ2) is 9.01. The molecule has 2 aromatic heterocycles. The number of aromatic nitrogens is 4. The van der Waals surface area contributed by atoms with Gasteiger partial charge in [0.25, 0.3) is 11.7 Å². The van der Waals surface area contributed by atoms with Crippen LogP contribution in [0.2, 0.25) is 0 Å². The molecule has 2 saturated heterocycles. The number of nitrogens with zero attached hydrogens (tertiary/aromatic N) is 6. The van der Waals surface area contributed by atoms with Gasteiger partial charge in [0.15, 0.2) is 0 Å². The van der Waals surface area contributed by atoms with Crippen molar-refractivity contribution >= 4 is 42.3 Å². The van der Waals surface area contributed by atoms with Gasteiger partial charge < -0.3 is 20.3 Å². The number of amides is 1. The standard InChI is InChI=1S/C16H23N7O2.2ClH/c1-11-8-14(23-16(20-11)18-10-19-23)21-4-6-22(7-5-21)15(24)13-3-2-12(9-17)25-13;;/h8,10,12-13H,2-7,9,17H2,1H3;2*1H/t12-,13+;;/m1../s1. The third-order valence-corrected chi connectivity index (χ3v) is 4.92.